The highest BCUT2D eigenvalue weighted by Gasteiger charge is 2.32. The summed E-state index contributed by atoms with van der Waals surface area (Å²) in [5, 5.41) is 13.5. The molecule has 0 saturated heterocycles. The highest BCUT2D eigenvalue weighted by Crippen LogP contribution is 2.38. The molecule has 1 aromatic carbocycles. The zero-order chi connectivity index (χ0) is 14.6. The van der Waals surface area contributed by atoms with E-state index in [2.05, 4.69) is 21.2 Å². The summed E-state index contributed by atoms with van der Waals surface area (Å²) in [6, 6.07) is 3.96. The van der Waals surface area contributed by atoms with E-state index in [1.807, 2.05) is 19.2 Å². The Labute approximate surface area is 128 Å². The van der Waals surface area contributed by atoms with Crippen molar-refractivity contribution in [2.24, 2.45) is 0 Å². The smallest absolute Gasteiger partial charge is 0.175 e. The minimum Gasteiger partial charge on any atom is -0.493 e. The SMILES string of the molecule is CNCc1cc(Br)c(OCC2(O)CCCC2)c(OC)c1. The molecule has 1 aromatic rings. The summed E-state index contributed by atoms with van der Waals surface area (Å²) in [7, 11) is 3.53. The van der Waals surface area contributed by atoms with Crippen LogP contribution in [-0.2, 0) is 6.54 Å². The molecule has 112 valence electrons. The summed E-state index contributed by atoms with van der Waals surface area (Å²) in [5.74, 6) is 1.35. The Balaban J connectivity index is 2.13. The van der Waals surface area contributed by atoms with Gasteiger partial charge < -0.3 is 19.9 Å². The van der Waals surface area contributed by atoms with Crippen LogP contribution in [0.5, 0.6) is 11.5 Å². The normalized spacial score (nSPS) is 17.2. The summed E-state index contributed by atoms with van der Waals surface area (Å²) in [6.07, 6.45) is 3.76. The maximum atomic E-state index is 10.4. The zero-order valence-corrected chi connectivity index (χ0v) is 13.6. The van der Waals surface area contributed by atoms with Gasteiger partial charge >= 0.3 is 0 Å². The van der Waals surface area contributed by atoms with E-state index in [1.54, 1.807) is 7.11 Å². The zero-order valence-electron chi connectivity index (χ0n) is 12.0. The maximum Gasteiger partial charge on any atom is 0.175 e. The molecule has 0 radical (unpaired) electrons. The van der Waals surface area contributed by atoms with Gasteiger partial charge in [-0.2, -0.15) is 0 Å². The van der Waals surface area contributed by atoms with E-state index in [-0.39, 0.29) is 0 Å². The van der Waals surface area contributed by atoms with Crippen LogP contribution in [0.2, 0.25) is 0 Å². The second-order valence-corrected chi connectivity index (χ2v) is 6.21. The van der Waals surface area contributed by atoms with Crippen LogP contribution < -0.4 is 14.8 Å². The first-order valence-corrected chi connectivity index (χ1v) is 7.73. The van der Waals surface area contributed by atoms with Crippen molar-refractivity contribution in [3.05, 3.63) is 22.2 Å². The lowest BCUT2D eigenvalue weighted by Gasteiger charge is -2.23. The number of halogens is 1. The van der Waals surface area contributed by atoms with Crippen molar-refractivity contribution in [3.63, 3.8) is 0 Å². The molecule has 0 bridgehead atoms. The van der Waals surface area contributed by atoms with Crippen molar-refractivity contribution in [2.75, 3.05) is 20.8 Å². The third kappa shape index (κ3) is 3.65. The van der Waals surface area contributed by atoms with Crippen LogP contribution in [-0.4, -0.2) is 31.5 Å². The largest absolute Gasteiger partial charge is 0.493 e. The Morgan fingerprint density at radius 2 is 2.05 bits per heavy atom. The minimum atomic E-state index is -0.686. The summed E-state index contributed by atoms with van der Waals surface area (Å²) in [6.45, 7) is 1.08. The number of aliphatic hydroxyl groups is 1. The van der Waals surface area contributed by atoms with Gasteiger partial charge in [-0.1, -0.05) is 12.8 Å². The fourth-order valence-electron chi connectivity index (χ4n) is 2.60. The van der Waals surface area contributed by atoms with Gasteiger partial charge in [0.05, 0.1) is 17.2 Å². The molecular weight excluding hydrogens is 322 g/mol. The monoisotopic (exact) mass is 343 g/mol. The Morgan fingerprint density at radius 3 is 2.65 bits per heavy atom. The van der Waals surface area contributed by atoms with Crippen LogP contribution in [0.1, 0.15) is 31.2 Å². The van der Waals surface area contributed by atoms with Gasteiger partial charge in [0.1, 0.15) is 6.61 Å². The number of methoxy groups -OCH3 is 1. The molecule has 0 amide bonds. The third-order valence-corrected chi connectivity index (χ3v) is 4.28. The summed E-state index contributed by atoms with van der Waals surface area (Å²) in [4.78, 5) is 0. The second kappa shape index (κ2) is 6.78. The van der Waals surface area contributed by atoms with Crippen molar-refractivity contribution < 1.29 is 14.6 Å². The first-order chi connectivity index (χ1) is 9.58. The molecule has 2 N–H and O–H groups in total. The Hall–Kier alpha value is -0.780. The summed E-state index contributed by atoms with van der Waals surface area (Å²) >= 11 is 3.52. The molecule has 1 fully saturated rings. The van der Waals surface area contributed by atoms with Crippen molar-refractivity contribution in [1.29, 1.82) is 0 Å². The molecule has 2 rings (SSSR count). The topological polar surface area (TPSA) is 50.7 Å². The molecular formula is C15H22BrNO3. The molecule has 20 heavy (non-hydrogen) atoms. The van der Waals surface area contributed by atoms with Gasteiger partial charge in [-0.15, -0.1) is 0 Å². The lowest BCUT2D eigenvalue weighted by atomic mass is 10.0. The van der Waals surface area contributed by atoms with E-state index in [9.17, 15) is 5.11 Å². The molecule has 1 aliphatic rings. The highest BCUT2D eigenvalue weighted by molar-refractivity contribution is 9.10. The van der Waals surface area contributed by atoms with Crippen molar-refractivity contribution >= 4 is 15.9 Å². The first kappa shape index (κ1) is 15.6. The standard InChI is InChI=1S/C15H22BrNO3/c1-17-9-11-7-12(16)14(13(8-11)19-2)20-10-15(18)5-3-4-6-15/h7-8,17-18H,3-6,9-10H2,1-2H3. The quantitative estimate of drug-likeness (QED) is 0.833. The Kier molecular flexibility index (Phi) is 5.29. The van der Waals surface area contributed by atoms with E-state index in [0.717, 1.165) is 42.3 Å². The number of hydrogen-bond acceptors (Lipinski definition) is 4. The third-order valence-electron chi connectivity index (χ3n) is 3.69. The molecule has 4 nitrogen and oxygen atoms in total. The maximum absolute atomic E-state index is 10.4. The predicted octanol–water partition coefficient (Wildman–Crippen LogP) is 2.86. The van der Waals surface area contributed by atoms with E-state index in [4.69, 9.17) is 9.47 Å². The number of nitrogens with one attached hydrogen (secondary N) is 1. The predicted molar refractivity (Wildman–Crippen MR) is 82.4 cm³/mol. The lowest BCUT2D eigenvalue weighted by molar-refractivity contribution is 0.000492. The van der Waals surface area contributed by atoms with E-state index in [0.29, 0.717) is 18.1 Å². The molecule has 0 unspecified atom stereocenters. The van der Waals surface area contributed by atoms with Crippen molar-refractivity contribution in [2.45, 2.75) is 37.8 Å². The number of rotatable bonds is 6. The molecule has 5 heteroatoms. The van der Waals surface area contributed by atoms with Gasteiger partial charge in [-0.3, -0.25) is 0 Å². The van der Waals surface area contributed by atoms with Crippen LogP contribution in [0, 0.1) is 0 Å². The van der Waals surface area contributed by atoms with E-state index >= 15 is 0 Å². The molecule has 0 aromatic heterocycles. The minimum absolute atomic E-state index is 0.313. The molecule has 0 heterocycles. The average Bonchev–Trinajstić information content (AvgIpc) is 2.84. The summed E-state index contributed by atoms with van der Waals surface area (Å²) < 4.78 is 12.1. The van der Waals surface area contributed by atoms with Crippen LogP contribution in [0.4, 0.5) is 0 Å². The van der Waals surface area contributed by atoms with Gasteiger partial charge in [0.2, 0.25) is 0 Å². The second-order valence-electron chi connectivity index (χ2n) is 5.36. The average molecular weight is 344 g/mol. The van der Waals surface area contributed by atoms with Crippen molar-refractivity contribution in [3.8, 4) is 11.5 Å². The van der Waals surface area contributed by atoms with Gasteiger partial charge in [-0.05, 0) is 53.5 Å². The van der Waals surface area contributed by atoms with E-state index < -0.39 is 5.60 Å². The molecule has 1 aliphatic carbocycles. The number of benzene rings is 1. The molecule has 0 atom stereocenters. The number of hydrogen-bond donors (Lipinski definition) is 2. The molecule has 1 saturated carbocycles. The van der Waals surface area contributed by atoms with Crippen LogP contribution in [0.3, 0.4) is 0 Å². The lowest BCUT2D eigenvalue weighted by Crippen LogP contribution is -2.32. The highest BCUT2D eigenvalue weighted by atomic mass is 79.9. The fourth-order valence-corrected chi connectivity index (χ4v) is 3.21. The van der Waals surface area contributed by atoms with Gasteiger partial charge in [0.15, 0.2) is 11.5 Å². The molecule has 0 aliphatic heterocycles. The van der Waals surface area contributed by atoms with Crippen LogP contribution >= 0.6 is 15.9 Å². The Bertz CT molecular complexity index is 459. The van der Waals surface area contributed by atoms with E-state index in [1.165, 1.54) is 0 Å². The number of ether oxygens (including phenoxy) is 2. The van der Waals surface area contributed by atoms with Gasteiger partial charge in [-0.25, -0.2) is 0 Å². The fraction of sp³-hybridized carbons (Fsp3) is 0.600. The molecule has 0 spiro atoms. The summed E-state index contributed by atoms with van der Waals surface area (Å²) in [5.41, 5.74) is 0.428. The van der Waals surface area contributed by atoms with Crippen LogP contribution in [0.25, 0.3) is 0 Å². The van der Waals surface area contributed by atoms with Crippen molar-refractivity contribution in [1.82, 2.24) is 5.32 Å². The first-order valence-electron chi connectivity index (χ1n) is 6.94. The van der Waals surface area contributed by atoms with Crippen LogP contribution in [0.15, 0.2) is 16.6 Å². The van der Waals surface area contributed by atoms with Gasteiger partial charge in [0, 0.05) is 6.54 Å². The van der Waals surface area contributed by atoms with Gasteiger partial charge in [0.25, 0.3) is 0 Å². The Morgan fingerprint density at radius 1 is 1.35 bits per heavy atom.